The van der Waals surface area contributed by atoms with Crippen LogP contribution in [-0.2, 0) is 14.3 Å². The number of fused-ring (bicyclic) bond motifs is 1. The largest absolute Gasteiger partial charge is 0.455 e. The van der Waals surface area contributed by atoms with E-state index in [0.717, 1.165) is 5.57 Å². The lowest BCUT2D eigenvalue weighted by atomic mass is 9.61. The number of ketones is 1. The van der Waals surface area contributed by atoms with E-state index in [1.807, 2.05) is 26.8 Å². The molecule has 5 unspecified atom stereocenters. The van der Waals surface area contributed by atoms with Crippen LogP contribution in [0.5, 0.6) is 0 Å². The Bertz CT molecular complexity index is 683. The molecule has 0 aromatic rings. The van der Waals surface area contributed by atoms with Gasteiger partial charge in [-0.2, -0.15) is 0 Å². The smallest absolute Gasteiger partial charge is 0.331 e. The molecular weight excluding hydrogens is 332 g/mol. The summed E-state index contributed by atoms with van der Waals surface area (Å²) in [5, 5.41) is 19.8. The molecule has 0 radical (unpaired) electrons. The molecule has 0 fully saturated rings. The predicted octanol–water partition coefficient (Wildman–Crippen LogP) is 2.64. The van der Waals surface area contributed by atoms with Crippen LogP contribution in [0.15, 0.2) is 48.1 Å². The molecule has 142 valence electrons. The zero-order valence-corrected chi connectivity index (χ0v) is 15.8. The van der Waals surface area contributed by atoms with Crippen molar-refractivity contribution in [1.29, 1.82) is 0 Å². The Labute approximate surface area is 154 Å². The van der Waals surface area contributed by atoms with Crippen LogP contribution in [0.25, 0.3) is 0 Å². The second kappa shape index (κ2) is 7.72. The lowest BCUT2D eigenvalue weighted by molar-refractivity contribution is -0.145. The van der Waals surface area contributed by atoms with Crippen molar-refractivity contribution in [2.75, 3.05) is 0 Å². The number of rotatable bonds is 5. The summed E-state index contributed by atoms with van der Waals surface area (Å²) in [6.45, 7) is 7.51. The van der Waals surface area contributed by atoms with Gasteiger partial charge in [-0.25, -0.2) is 4.79 Å². The first kappa shape index (κ1) is 20.3. The van der Waals surface area contributed by atoms with Crippen LogP contribution in [0.2, 0.25) is 0 Å². The first-order chi connectivity index (χ1) is 12.1. The third-order valence-electron chi connectivity index (χ3n) is 5.63. The summed E-state index contributed by atoms with van der Waals surface area (Å²) in [7, 11) is 0. The van der Waals surface area contributed by atoms with Gasteiger partial charge in [-0.1, -0.05) is 45.1 Å². The fourth-order valence-electron chi connectivity index (χ4n) is 3.28. The van der Waals surface area contributed by atoms with E-state index in [1.54, 1.807) is 31.2 Å². The van der Waals surface area contributed by atoms with Gasteiger partial charge in [0.2, 0.25) is 0 Å². The molecule has 0 aromatic heterocycles. The quantitative estimate of drug-likeness (QED) is 0.447. The Balaban J connectivity index is 2.05. The van der Waals surface area contributed by atoms with Crippen molar-refractivity contribution in [3.63, 3.8) is 0 Å². The number of aliphatic hydroxyl groups excluding tert-OH is 1. The van der Waals surface area contributed by atoms with Gasteiger partial charge in [0, 0.05) is 17.4 Å². The number of hydrogen-bond donors (Lipinski definition) is 2. The molecule has 0 saturated heterocycles. The highest BCUT2D eigenvalue weighted by Gasteiger charge is 2.46. The highest BCUT2D eigenvalue weighted by molar-refractivity contribution is 5.96. The lowest BCUT2D eigenvalue weighted by Crippen LogP contribution is -2.45. The van der Waals surface area contributed by atoms with Crippen molar-refractivity contribution < 1.29 is 24.5 Å². The van der Waals surface area contributed by atoms with Crippen molar-refractivity contribution >= 4 is 11.8 Å². The molecule has 0 aromatic carbocycles. The minimum Gasteiger partial charge on any atom is -0.455 e. The Morgan fingerprint density at radius 3 is 2.81 bits per heavy atom. The molecule has 5 nitrogen and oxygen atoms in total. The number of ether oxygens (including phenoxy) is 1. The van der Waals surface area contributed by atoms with Gasteiger partial charge in [0.1, 0.15) is 12.2 Å². The lowest BCUT2D eigenvalue weighted by Gasteiger charge is -2.45. The standard InChI is InChI=1S/C21H28O5/c1-5-20(3,25)11-7-6-8-19(24)26-18-10-9-15-12-16(22)17(23)13-21(15,4)14(18)2/h6-12,14,17-18,23,25H,5,13H2,1-4H3. The highest BCUT2D eigenvalue weighted by atomic mass is 16.5. The highest BCUT2D eigenvalue weighted by Crippen LogP contribution is 2.48. The number of allylic oxidation sites excluding steroid dienone is 4. The van der Waals surface area contributed by atoms with E-state index in [1.165, 1.54) is 12.2 Å². The first-order valence-corrected chi connectivity index (χ1v) is 9.00. The molecule has 0 amide bonds. The molecular formula is C21H28O5. The molecule has 2 aliphatic rings. The summed E-state index contributed by atoms with van der Waals surface area (Å²) in [5.41, 5.74) is -0.449. The van der Waals surface area contributed by atoms with Crippen LogP contribution in [0.3, 0.4) is 0 Å². The summed E-state index contributed by atoms with van der Waals surface area (Å²) >= 11 is 0. The third-order valence-corrected chi connectivity index (χ3v) is 5.63. The molecule has 2 N–H and O–H groups in total. The van der Waals surface area contributed by atoms with Crippen LogP contribution >= 0.6 is 0 Å². The Morgan fingerprint density at radius 1 is 1.46 bits per heavy atom. The Hall–Kier alpha value is -1.98. The fraction of sp³-hybridized carbons (Fsp3) is 0.524. The topological polar surface area (TPSA) is 83.8 Å². The van der Waals surface area contributed by atoms with Gasteiger partial charge in [-0.05, 0) is 37.5 Å². The molecule has 0 saturated carbocycles. The third kappa shape index (κ3) is 4.40. The Kier molecular flexibility index (Phi) is 6.04. The van der Waals surface area contributed by atoms with Crippen molar-refractivity contribution in [2.24, 2.45) is 11.3 Å². The van der Waals surface area contributed by atoms with Gasteiger partial charge in [-0.3, -0.25) is 4.79 Å². The van der Waals surface area contributed by atoms with Crippen molar-refractivity contribution in [3.05, 3.63) is 48.1 Å². The van der Waals surface area contributed by atoms with Gasteiger partial charge in [-0.15, -0.1) is 0 Å². The molecule has 26 heavy (non-hydrogen) atoms. The number of hydrogen-bond acceptors (Lipinski definition) is 5. The summed E-state index contributed by atoms with van der Waals surface area (Å²) in [5.74, 6) is -0.826. The zero-order chi connectivity index (χ0) is 19.5. The predicted molar refractivity (Wildman–Crippen MR) is 99.2 cm³/mol. The number of esters is 1. The molecule has 0 bridgehead atoms. The molecule has 0 aliphatic heterocycles. The SMILES string of the molecule is CCC(C)(O)C=CC=CC(=O)OC1C=CC2=CC(=O)C(O)CC2(C)C1C. The van der Waals surface area contributed by atoms with E-state index < -0.39 is 29.2 Å². The van der Waals surface area contributed by atoms with Gasteiger partial charge in [0.25, 0.3) is 0 Å². The molecule has 2 aliphatic carbocycles. The average Bonchev–Trinajstić information content (AvgIpc) is 2.57. The molecule has 0 heterocycles. The van der Waals surface area contributed by atoms with Crippen LogP contribution in [-0.4, -0.2) is 39.8 Å². The fourth-order valence-corrected chi connectivity index (χ4v) is 3.28. The van der Waals surface area contributed by atoms with E-state index in [-0.39, 0.29) is 11.7 Å². The summed E-state index contributed by atoms with van der Waals surface area (Å²) in [6, 6.07) is 0. The van der Waals surface area contributed by atoms with E-state index in [9.17, 15) is 19.8 Å². The normalized spacial score (nSPS) is 33.8. The molecule has 5 heteroatoms. The molecule has 0 spiro atoms. The van der Waals surface area contributed by atoms with E-state index in [2.05, 4.69) is 0 Å². The maximum atomic E-state index is 12.1. The second-order valence-corrected chi connectivity index (χ2v) is 7.62. The van der Waals surface area contributed by atoms with E-state index in [0.29, 0.717) is 12.8 Å². The minimum absolute atomic E-state index is 0.0739. The van der Waals surface area contributed by atoms with Gasteiger partial charge in [0.05, 0.1) is 5.60 Å². The van der Waals surface area contributed by atoms with Crippen LogP contribution in [0.4, 0.5) is 0 Å². The number of aliphatic hydroxyl groups is 2. The Morgan fingerprint density at radius 2 is 2.15 bits per heavy atom. The van der Waals surface area contributed by atoms with E-state index in [4.69, 9.17) is 4.74 Å². The van der Waals surface area contributed by atoms with Crippen molar-refractivity contribution in [2.45, 2.75) is 58.3 Å². The minimum atomic E-state index is -1.01. The first-order valence-electron chi connectivity index (χ1n) is 9.00. The monoisotopic (exact) mass is 360 g/mol. The number of carbonyl (C=O) groups excluding carboxylic acids is 2. The van der Waals surface area contributed by atoms with Gasteiger partial charge < -0.3 is 14.9 Å². The zero-order valence-electron chi connectivity index (χ0n) is 15.8. The molecule has 5 atom stereocenters. The maximum Gasteiger partial charge on any atom is 0.331 e. The van der Waals surface area contributed by atoms with E-state index >= 15 is 0 Å². The number of carbonyl (C=O) groups is 2. The average molecular weight is 360 g/mol. The summed E-state index contributed by atoms with van der Waals surface area (Å²) in [6.07, 6.45) is 10.6. The van der Waals surface area contributed by atoms with Gasteiger partial charge in [0.15, 0.2) is 5.78 Å². The van der Waals surface area contributed by atoms with Crippen LogP contribution in [0.1, 0.15) is 40.5 Å². The second-order valence-electron chi connectivity index (χ2n) is 7.62. The van der Waals surface area contributed by atoms with Crippen molar-refractivity contribution in [3.8, 4) is 0 Å². The van der Waals surface area contributed by atoms with Crippen LogP contribution < -0.4 is 0 Å². The van der Waals surface area contributed by atoms with Crippen molar-refractivity contribution in [1.82, 2.24) is 0 Å². The maximum absolute atomic E-state index is 12.1. The summed E-state index contributed by atoms with van der Waals surface area (Å²) < 4.78 is 5.54. The van der Waals surface area contributed by atoms with Crippen LogP contribution in [0, 0.1) is 11.3 Å². The molecule has 2 rings (SSSR count). The van der Waals surface area contributed by atoms with Gasteiger partial charge >= 0.3 is 5.97 Å². The summed E-state index contributed by atoms with van der Waals surface area (Å²) in [4.78, 5) is 23.8.